The molecule has 1 atom stereocenters. The van der Waals surface area contributed by atoms with E-state index in [1.54, 1.807) is 10.8 Å². The van der Waals surface area contributed by atoms with Crippen molar-refractivity contribution in [2.24, 2.45) is 0 Å². The molecular formula is C22H23N5O. The summed E-state index contributed by atoms with van der Waals surface area (Å²) in [5.74, 6) is 0. The van der Waals surface area contributed by atoms with Gasteiger partial charge in [0.15, 0.2) is 0 Å². The van der Waals surface area contributed by atoms with Gasteiger partial charge in [-0.1, -0.05) is 36.4 Å². The van der Waals surface area contributed by atoms with Crippen molar-refractivity contribution < 1.29 is 0 Å². The molecule has 0 spiro atoms. The molecule has 0 aliphatic heterocycles. The number of nitrogens with zero attached hydrogens (tertiary/aromatic N) is 2. The summed E-state index contributed by atoms with van der Waals surface area (Å²) in [7, 11) is 3.71. The highest BCUT2D eigenvalue weighted by atomic mass is 16.1. The Bertz CT molecular complexity index is 1220. The quantitative estimate of drug-likeness (QED) is 0.502. The standard InChI is InChI=1S/C22H23N5O/c1-14(24-3)20(13-23-2)27-21-17-11-16(15-7-5-4-6-8-15)9-10-18(17)25-12-19(21)26-22(27)28/h4-14,23-24H,1-3H3,(H,26,28). The zero-order valence-electron chi connectivity index (χ0n) is 16.2. The van der Waals surface area contributed by atoms with Crippen molar-refractivity contribution in [1.82, 2.24) is 25.2 Å². The predicted molar refractivity (Wildman–Crippen MR) is 115 cm³/mol. The molecule has 0 saturated carbocycles. The minimum Gasteiger partial charge on any atom is -0.393 e. The lowest BCUT2D eigenvalue weighted by atomic mass is 10.0. The summed E-state index contributed by atoms with van der Waals surface area (Å²) in [5, 5.41) is 7.21. The van der Waals surface area contributed by atoms with Gasteiger partial charge >= 0.3 is 5.69 Å². The van der Waals surface area contributed by atoms with E-state index in [2.05, 4.69) is 44.9 Å². The lowest BCUT2D eigenvalue weighted by molar-refractivity contribution is 0.707. The van der Waals surface area contributed by atoms with Crippen LogP contribution in [0.25, 0.3) is 38.8 Å². The van der Waals surface area contributed by atoms with Crippen molar-refractivity contribution in [2.45, 2.75) is 13.0 Å². The fourth-order valence-corrected chi connectivity index (χ4v) is 3.52. The van der Waals surface area contributed by atoms with E-state index in [9.17, 15) is 4.79 Å². The highest BCUT2D eigenvalue weighted by Gasteiger charge is 2.18. The number of hydrogen-bond donors (Lipinski definition) is 3. The smallest absolute Gasteiger partial charge is 0.330 e. The number of pyridine rings is 1. The van der Waals surface area contributed by atoms with Gasteiger partial charge in [-0.3, -0.25) is 9.55 Å². The van der Waals surface area contributed by atoms with Crippen molar-refractivity contribution in [1.29, 1.82) is 0 Å². The molecule has 0 fully saturated rings. The van der Waals surface area contributed by atoms with Crippen LogP contribution in [-0.2, 0) is 0 Å². The van der Waals surface area contributed by atoms with Crippen molar-refractivity contribution in [3.05, 3.63) is 71.4 Å². The number of aromatic amines is 1. The van der Waals surface area contributed by atoms with E-state index in [1.165, 1.54) is 0 Å². The Balaban J connectivity index is 2.06. The average molecular weight is 373 g/mol. The Labute approximate surface area is 162 Å². The molecule has 142 valence electrons. The normalized spacial score (nSPS) is 13.2. The number of aromatic nitrogens is 3. The summed E-state index contributed by atoms with van der Waals surface area (Å²) in [5.41, 5.74) is 5.26. The highest BCUT2D eigenvalue weighted by molar-refractivity contribution is 6.05. The lowest BCUT2D eigenvalue weighted by Crippen LogP contribution is -2.31. The van der Waals surface area contributed by atoms with Crippen LogP contribution in [0.15, 0.2) is 65.7 Å². The molecule has 3 N–H and O–H groups in total. The number of imidazole rings is 1. The predicted octanol–water partition coefficient (Wildman–Crippen LogP) is 3.17. The molecule has 0 amide bonds. The Morgan fingerprint density at radius 3 is 2.64 bits per heavy atom. The fraction of sp³-hybridized carbons (Fsp3) is 0.182. The molecule has 0 aliphatic rings. The van der Waals surface area contributed by atoms with Crippen molar-refractivity contribution in [2.75, 3.05) is 14.1 Å². The van der Waals surface area contributed by atoms with Crippen LogP contribution in [0, 0.1) is 0 Å². The number of H-pyrrole nitrogens is 1. The molecule has 2 heterocycles. The molecule has 6 nitrogen and oxygen atoms in total. The van der Waals surface area contributed by atoms with E-state index >= 15 is 0 Å². The first-order chi connectivity index (χ1) is 13.6. The van der Waals surface area contributed by atoms with Gasteiger partial charge in [0.1, 0.15) is 0 Å². The van der Waals surface area contributed by atoms with Gasteiger partial charge in [0.25, 0.3) is 0 Å². The van der Waals surface area contributed by atoms with Gasteiger partial charge in [0.2, 0.25) is 0 Å². The van der Waals surface area contributed by atoms with Crippen molar-refractivity contribution >= 4 is 27.6 Å². The molecule has 0 radical (unpaired) electrons. The first kappa shape index (κ1) is 18.0. The molecule has 2 aromatic heterocycles. The lowest BCUT2D eigenvalue weighted by Gasteiger charge is -2.17. The third kappa shape index (κ3) is 2.97. The Morgan fingerprint density at radius 2 is 1.93 bits per heavy atom. The van der Waals surface area contributed by atoms with Crippen LogP contribution in [0.5, 0.6) is 0 Å². The number of benzene rings is 2. The molecule has 1 unspecified atom stereocenters. The van der Waals surface area contributed by atoms with Crippen LogP contribution in [-0.4, -0.2) is 34.7 Å². The second-order valence-electron chi connectivity index (χ2n) is 6.75. The van der Waals surface area contributed by atoms with Gasteiger partial charge in [-0.15, -0.1) is 0 Å². The van der Waals surface area contributed by atoms with Crippen molar-refractivity contribution in [3.8, 4) is 11.1 Å². The summed E-state index contributed by atoms with van der Waals surface area (Å²) in [6.45, 7) is 2.02. The summed E-state index contributed by atoms with van der Waals surface area (Å²) in [4.78, 5) is 20.3. The first-order valence-electron chi connectivity index (χ1n) is 9.28. The average Bonchev–Trinajstić information content (AvgIpc) is 3.07. The summed E-state index contributed by atoms with van der Waals surface area (Å²) >= 11 is 0. The SMILES string of the molecule is CNC=C(C(C)NC)n1c(=O)[nH]c2cnc3ccc(-c4ccccc4)cc3c21. The number of hydrogen-bond acceptors (Lipinski definition) is 4. The van der Waals surface area contributed by atoms with E-state index in [0.29, 0.717) is 5.52 Å². The van der Waals surface area contributed by atoms with Gasteiger partial charge in [-0.05, 0) is 37.2 Å². The van der Waals surface area contributed by atoms with E-state index in [1.807, 2.05) is 51.5 Å². The molecule has 4 aromatic rings. The number of likely N-dealkylation sites (N-methyl/N-ethyl adjacent to an activating group) is 1. The van der Waals surface area contributed by atoms with Crippen molar-refractivity contribution in [3.63, 3.8) is 0 Å². The highest BCUT2D eigenvalue weighted by Crippen LogP contribution is 2.29. The maximum Gasteiger partial charge on any atom is 0.330 e. The number of fused-ring (bicyclic) bond motifs is 3. The molecule has 0 bridgehead atoms. The van der Waals surface area contributed by atoms with Crippen LogP contribution in [0.4, 0.5) is 0 Å². The molecule has 0 saturated heterocycles. The Hall–Kier alpha value is -3.38. The molecule has 28 heavy (non-hydrogen) atoms. The minimum atomic E-state index is -0.182. The molecule has 2 aromatic carbocycles. The number of nitrogens with one attached hydrogen (secondary N) is 3. The van der Waals surface area contributed by atoms with Crippen LogP contribution < -0.4 is 16.3 Å². The zero-order valence-corrected chi connectivity index (χ0v) is 16.2. The third-order valence-electron chi connectivity index (χ3n) is 5.04. The van der Waals surface area contributed by atoms with E-state index in [-0.39, 0.29) is 11.7 Å². The van der Waals surface area contributed by atoms with Gasteiger partial charge in [0, 0.05) is 24.7 Å². The Kier molecular flexibility index (Phi) is 4.71. The second kappa shape index (κ2) is 7.32. The fourth-order valence-electron chi connectivity index (χ4n) is 3.52. The molecule has 0 aliphatic carbocycles. The van der Waals surface area contributed by atoms with Gasteiger partial charge in [-0.25, -0.2) is 4.79 Å². The first-order valence-corrected chi connectivity index (χ1v) is 9.28. The van der Waals surface area contributed by atoms with E-state index in [0.717, 1.165) is 33.2 Å². The maximum atomic E-state index is 12.9. The van der Waals surface area contributed by atoms with Gasteiger partial charge in [-0.2, -0.15) is 0 Å². The molecule has 4 rings (SSSR count). The van der Waals surface area contributed by atoms with Crippen LogP contribution in [0.2, 0.25) is 0 Å². The maximum absolute atomic E-state index is 12.9. The van der Waals surface area contributed by atoms with E-state index < -0.39 is 0 Å². The third-order valence-corrected chi connectivity index (χ3v) is 5.04. The largest absolute Gasteiger partial charge is 0.393 e. The summed E-state index contributed by atoms with van der Waals surface area (Å²) < 4.78 is 1.73. The monoisotopic (exact) mass is 373 g/mol. The van der Waals surface area contributed by atoms with Gasteiger partial charge in [0.05, 0.1) is 28.4 Å². The topological polar surface area (TPSA) is 74.7 Å². The van der Waals surface area contributed by atoms with Crippen LogP contribution in [0.3, 0.4) is 0 Å². The van der Waals surface area contributed by atoms with Crippen LogP contribution in [0.1, 0.15) is 6.92 Å². The van der Waals surface area contributed by atoms with E-state index in [4.69, 9.17) is 0 Å². The summed E-state index contributed by atoms with van der Waals surface area (Å²) in [6, 6.07) is 16.3. The molecular weight excluding hydrogens is 350 g/mol. The minimum absolute atomic E-state index is 0.0235. The Morgan fingerprint density at radius 1 is 1.14 bits per heavy atom. The zero-order chi connectivity index (χ0) is 19.7. The van der Waals surface area contributed by atoms with Gasteiger partial charge < -0.3 is 15.6 Å². The second-order valence-corrected chi connectivity index (χ2v) is 6.75. The molecule has 6 heteroatoms. The van der Waals surface area contributed by atoms with Crippen LogP contribution >= 0.6 is 0 Å². The summed E-state index contributed by atoms with van der Waals surface area (Å²) in [6.07, 6.45) is 3.57. The number of rotatable bonds is 5.